The van der Waals surface area contributed by atoms with Crippen molar-refractivity contribution in [2.75, 3.05) is 44.2 Å². The molecule has 38 heavy (non-hydrogen) atoms. The van der Waals surface area contributed by atoms with Crippen molar-refractivity contribution >= 4 is 56.3 Å². The second-order valence-corrected chi connectivity index (χ2v) is 10.1. The highest BCUT2D eigenvalue weighted by atomic mass is 35.5. The number of nitrogens with zero attached hydrogens (tertiary/aromatic N) is 2. The fraction of sp³-hybridized carbons (Fsp3) is 0.242. The van der Waals surface area contributed by atoms with Crippen LogP contribution in [0.25, 0.3) is 32.3 Å². The van der Waals surface area contributed by atoms with Gasteiger partial charge in [-0.05, 0) is 76.6 Å². The molecule has 5 aromatic carbocycles. The van der Waals surface area contributed by atoms with E-state index in [-0.39, 0.29) is 18.3 Å². The van der Waals surface area contributed by atoms with Crippen LogP contribution in [-0.4, -0.2) is 50.1 Å². The third-order valence-electron chi connectivity index (χ3n) is 7.63. The number of hydrogen-bond donors (Lipinski definition) is 1. The molecule has 0 unspecified atom stereocenters. The zero-order valence-electron chi connectivity index (χ0n) is 21.6. The molecule has 5 heteroatoms. The number of unbranched alkanes of at least 4 members (excludes halogenated alkanes) is 1. The first kappa shape index (κ1) is 26.0. The van der Waals surface area contributed by atoms with E-state index in [9.17, 15) is 4.79 Å². The van der Waals surface area contributed by atoms with Crippen molar-refractivity contribution in [3.05, 3.63) is 103 Å². The van der Waals surface area contributed by atoms with E-state index in [0.717, 1.165) is 61.9 Å². The van der Waals surface area contributed by atoms with Crippen LogP contribution in [0, 0.1) is 0 Å². The van der Waals surface area contributed by atoms with Crippen LogP contribution in [-0.2, 0) is 0 Å². The number of amides is 1. The topological polar surface area (TPSA) is 35.6 Å². The van der Waals surface area contributed by atoms with E-state index in [1.165, 1.54) is 27.2 Å². The summed E-state index contributed by atoms with van der Waals surface area (Å²) in [6.45, 7) is 6.08. The normalized spacial score (nSPS) is 14.1. The molecule has 1 heterocycles. The lowest BCUT2D eigenvalue weighted by Crippen LogP contribution is -2.46. The van der Waals surface area contributed by atoms with Crippen LogP contribution in [0.3, 0.4) is 0 Å². The van der Waals surface area contributed by atoms with Gasteiger partial charge < -0.3 is 10.2 Å². The second kappa shape index (κ2) is 11.8. The van der Waals surface area contributed by atoms with Crippen LogP contribution in [0.4, 0.5) is 5.69 Å². The summed E-state index contributed by atoms with van der Waals surface area (Å²) in [6, 6.07) is 34.0. The number of fused-ring (bicyclic) bond motifs is 3. The summed E-state index contributed by atoms with van der Waals surface area (Å²) >= 11 is 0. The molecule has 5 aromatic rings. The molecule has 1 aliphatic rings. The van der Waals surface area contributed by atoms with Crippen molar-refractivity contribution in [2.45, 2.75) is 12.8 Å². The van der Waals surface area contributed by atoms with Gasteiger partial charge >= 0.3 is 0 Å². The Kier molecular flexibility index (Phi) is 8.11. The summed E-state index contributed by atoms with van der Waals surface area (Å²) in [6.07, 6.45) is 2.09. The summed E-state index contributed by atoms with van der Waals surface area (Å²) in [5.74, 6) is 0.0127. The average Bonchev–Trinajstić information content (AvgIpc) is 2.95. The molecular weight excluding hydrogens is 490 g/mol. The zero-order valence-corrected chi connectivity index (χ0v) is 22.4. The van der Waals surface area contributed by atoms with E-state index in [2.05, 4.69) is 100 Å². The Morgan fingerprint density at radius 3 is 2.11 bits per heavy atom. The van der Waals surface area contributed by atoms with Crippen molar-refractivity contribution in [2.24, 2.45) is 0 Å². The van der Waals surface area contributed by atoms with E-state index >= 15 is 0 Å². The zero-order chi connectivity index (χ0) is 25.0. The number of rotatable bonds is 7. The Balaban J connectivity index is 0.00000294. The fourth-order valence-electron chi connectivity index (χ4n) is 5.54. The van der Waals surface area contributed by atoms with Crippen molar-refractivity contribution in [1.29, 1.82) is 0 Å². The second-order valence-electron chi connectivity index (χ2n) is 10.1. The lowest BCUT2D eigenvalue weighted by Gasteiger charge is -2.36. The molecule has 0 saturated carbocycles. The molecule has 4 nitrogen and oxygen atoms in total. The van der Waals surface area contributed by atoms with Crippen LogP contribution in [0.15, 0.2) is 97.1 Å². The third-order valence-corrected chi connectivity index (χ3v) is 7.63. The molecule has 1 N–H and O–H groups in total. The van der Waals surface area contributed by atoms with Gasteiger partial charge in [0.15, 0.2) is 0 Å². The first-order chi connectivity index (χ1) is 18.2. The summed E-state index contributed by atoms with van der Waals surface area (Å²) < 4.78 is 0. The molecule has 0 atom stereocenters. The fourth-order valence-corrected chi connectivity index (χ4v) is 5.54. The van der Waals surface area contributed by atoms with E-state index in [4.69, 9.17) is 0 Å². The monoisotopic (exact) mass is 523 g/mol. The molecule has 0 radical (unpaired) electrons. The maximum Gasteiger partial charge on any atom is 0.251 e. The Morgan fingerprint density at radius 2 is 1.32 bits per heavy atom. The highest BCUT2D eigenvalue weighted by Crippen LogP contribution is 2.27. The first-order valence-corrected chi connectivity index (χ1v) is 13.4. The van der Waals surface area contributed by atoms with Gasteiger partial charge in [0, 0.05) is 49.4 Å². The predicted octanol–water partition coefficient (Wildman–Crippen LogP) is 6.90. The van der Waals surface area contributed by atoms with Crippen LogP contribution in [0.1, 0.15) is 23.2 Å². The number of carbonyl (C=O) groups excluding carboxylic acids is 1. The quantitative estimate of drug-likeness (QED) is 0.186. The minimum absolute atomic E-state index is 0. The van der Waals surface area contributed by atoms with E-state index in [1.54, 1.807) is 0 Å². The maximum absolute atomic E-state index is 12.8. The number of anilines is 1. The Morgan fingerprint density at radius 1 is 0.658 bits per heavy atom. The molecule has 0 aliphatic carbocycles. The number of carbonyl (C=O) groups is 1. The van der Waals surface area contributed by atoms with Crippen molar-refractivity contribution in [3.8, 4) is 0 Å². The number of halogens is 1. The van der Waals surface area contributed by atoms with Gasteiger partial charge in [0.1, 0.15) is 0 Å². The highest BCUT2D eigenvalue weighted by molar-refractivity contribution is 6.03. The molecule has 6 rings (SSSR count). The van der Waals surface area contributed by atoms with E-state index < -0.39 is 0 Å². The van der Waals surface area contributed by atoms with Gasteiger partial charge in [-0.2, -0.15) is 0 Å². The van der Waals surface area contributed by atoms with E-state index in [0.29, 0.717) is 6.54 Å². The summed E-state index contributed by atoms with van der Waals surface area (Å²) in [5.41, 5.74) is 2.08. The molecule has 1 amide bonds. The molecule has 1 aliphatic heterocycles. The van der Waals surface area contributed by atoms with Gasteiger partial charge in [-0.1, -0.05) is 66.7 Å². The summed E-state index contributed by atoms with van der Waals surface area (Å²) in [7, 11) is 0. The summed E-state index contributed by atoms with van der Waals surface area (Å²) in [4.78, 5) is 17.8. The number of hydrogen-bond acceptors (Lipinski definition) is 3. The minimum atomic E-state index is 0. The predicted molar refractivity (Wildman–Crippen MR) is 163 cm³/mol. The molecule has 0 aromatic heterocycles. The van der Waals surface area contributed by atoms with E-state index in [1.807, 2.05) is 12.1 Å². The molecular formula is C33H34ClN3O. The Hall–Kier alpha value is -3.60. The number of benzene rings is 5. The van der Waals surface area contributed by atoms with Gasteiger partial charge in [0.2, 0.25) is 0 Å². The largest absolute Gasteiger partial charge is 0.368 e. The Bertz CT molecular complexity index is 1550. The van der Waals surface area contributed by atoms with Crippen molar-refractivity contribution in [3.63, 3.8) is 0 Å². The molecule has 0 spiro atoms. The van der Waals surface area contributed by atoms with Crippen LogP contribution in [0.2, 0.25) is 0 Å². The molecule has 194 valence electrons. The molecule has 1 saturated heterocycles. The smallest absolute Gasteiger partial charge is 0.251 e. The average molecular weight is 524 g/mol. The maximum atomic E-state index is 12.8. The minimum Gasteiger partial charge on any atom is -0.368 e. The highest BCUT2D eigenvalue weighted by Gasteiger charge is 2.18. The summed E-state index contributed by atoms with van der Waals surface area (Å²) in [5, 5.41) is 10.5. The molecule has 1 fully saturated rings. The van der Waals surface area contributed by atoms with Crippen molar-refractivity contribution in [1.82, 2.24) is 10.2 Å². The van der Waals surface area contributed by atoms with Gasteiger partial charge in [-0.15, -0.1) is 12.4 Å². The third kappa shape index (κ3) is 5.62. The molecule has 0 bridgehead atoms. The first-order valence-electron chi connectivity index (χ1n) is 13.4. The standard InChI is InChI=1S/C33H33N3O.ClH/c37-33(29-15-14-28-22-26-9-1-2-10-27(26)23-30(28)24-29)34-16-5-6-17-35-18-20-36(21-19-35)32-13-7-11-25-8-3-4-12-31(25)32;/h1-4,7-15,22-24H,5-6,16-21H2,(H,34,37);1H. The van der Waals surface area contributed by atoms with Gasteiger partial charge in [-0.3, -0.25) is 9.69 Å². The lowest BCUT2D eigenvalue weighted by molar-refractivity contribution is 0.0952. The SMILES string of the molecule is Cl.O=C(NCCCCN1CCN(c2cccc3ccccc23)CC1)c1ccc2cc3ccccc3cc2c1. The van der Waals surface area contributed by atoms with Crippen LogP contribution >= 0.6 is 12.4 Å². The number of nitrogens with one attached hydrogen (secondary N) is 1. The van der Waals surface area contributed by atoms with Crippen LogP contribution < -0.4 is 10.2 Å². The lowest BCUT2D eigenvalue weighted by atomic mass is 10.0. The van der Waals surface area contributed by atoms with Crippen LogP contribution in [0.5, 0.6) is 0 Å². The van der Waals surface area contributed by atoms with Gasteiger partial charge in [0.25, 0.3) is 5.91 Å². The van der Waals surface area contributed by atoms with Crippen molar-refractivity contribution < 1.29 is 4.79 Å². The van der Waals surface area contributed by atoms with Gasteiger partial charge in [-0.25, -0.2) is 0 Å². The Labute approximate surface area is 230 Å². The van der Waals surface area contributed by atoms with Gasteiger partial charge in [0.05, 0.1) is 0 Å². The number of piperazine rings is 1.